The number of nitrogens with two attached hydrogens (primary N) is 2. The number of morpholine rings is 1. The van der Waals surface area contributed by atoms with Crippen molar-refractivity contribution < 1.29 is 4.74 Å². The molecule has 1 aromatic carbocycles. The summed E-state index contributed by atoms with van der Waals surface area (Å²) in [6.45, 7) is 3.37. The van der Waals surface area contributed by atoms with Crippen LogP contribution in [0.5, 0.6) is 0 Å². The molecule has 5 heterocycles. The Hall–Kier alpha value is -4.95. The predicted octanol–water partition coefficient (Wildman–Crippen LogP) is 3.17. The maximum Gasteiger partial charge on any atom is 0.254 e. The van der Waals surface area contributed by atoms with Gasteiger partial charge in [-0.2, -0.15) is 15.2 Å². The van der Waals surface area contributed by atoms with Crippen LogP contribution in [0.3, 0.4) is 0 Å². The van der Waals surface area contributed by atoms with Gasteiger partial charge in [-0.25, -0.2) is 4.98 Å². The predicted molar refractivity (Wildman–Crippen MR) is 163 cm³/mol. The van der Waals surface area contributed by atoms with Gasteiger partial charge in [0.1, 0.15) is 23.3 Å². The van der Waals surface area contributed by atoms with Gasteiger partial charge >= 0.3 is 0 Å². The quantitative estimate of drug-likeness (QED) is 0.380. The highest BCUT2D eigenvalue weighted by Crippen LogP contribution is 2.43. The summed E-state index contributed by atoms with van der Waals surface area (Å²) >= 11 is 0. The molecule has 4 aromatic rings. The topological polar surface area (TPSA) is 152 Å². The Morgan fingerprint density at radius 3 is 2.71 bits per heavy atom. The average molecular weight is 562 g/mol. The summed E-state index contributed by atoms with van der Waals surface area (Å²) < 4.78 is 7.35. The van der Waals surface area contributed by atoms with Crippen molar-refractivity contribution in [2.24, 2.45) is 7.05 Å². The molecule has 2 saturated heterocycles. The number of rotatable bonds is 4. The summed E-state index contributed by atoms with van der Waals surface area (Å²) in [5.41, 5.74) is 18.0. The van der Waals surface area contributed by atoms with Crippen molar-refractivity contribution in [1.82, 2.24) is 19.5 Å². The average Bonchev–Trinajstić information content (AvgIpc) is 3.69. The van der Waals surface area contributed by atoms with Crippen LogP contribution in [-0.4, -0.2) is 52.4 Å². The van der Waals surface area contributed by atoms with E-state index in [1.807, 2.05) is 24.4 Å². The molecule has 0 saturated carbocycles. The second-order valence-electron chi connectivity index (χ2n) is 11.0. The molecule has 0 bridgehead atoms. The van der Waals surface area contributed by atoms with Gasteiger partial charge in [0, 0.05) is 60.5 Å². The maximum absolute atomic E-state index is 12.8. The number of benzene rings is 1. The Balaban J connectivity index is 1.43. The summed E-state index contributed by atoms with van der Waals surface area (Å²) in [7, 11) is 1.80. The summed E-state index contributed by atoms with van der Waals surface area (Å²) in [4.78, 5) is 31.1. The minimum Gasteiger partial charge on any atom is -0.382 e. The third kappa shape index (κ3) is 4.14. The molecule has 3 aliphatic rings. The zero-order chi connectivity index (χ0) is 29.0. The number of anilines is 4. The smallest absolute Gasteiger partial charge is 0.254 e. The first-order valence-corrected chi connectivity index (χ1v) is 14.2. The minimum atomic E-state index is -0.0890. The molecule has 1 aliphatic carbocycles. The Morgan fingerprint density at radius 1 is 1.07 bits per heavy atom. The lowest BCUT2D eigenvalue weighted by Crippen LogP contribution is -2.38. The van der Waals surface area contributed by atoms with Crippen LogP contribution in [0.25, 0.3) is 28.1 Å². The first-order chi connectivity index (χ1) is 20.4. The monoisotopic (exact) mass is 561 g/mol. The van der Waals surface area contributed by atoms with E-state index in [4.69, 9.17) is 21.2 Å². The molecule has 0 amide bonds. The van der Waals surface area contributed by atoms with Crippen LogP contribution < -0.4 is 26.8 Å². The van der Waals surface area contributed by atoms with Gasteiger partial charge in [0.15, 0.2) is 5.82 Å². The fraction of sp³-hybridized carbons (Fsp3) is 0.323. The Labute approximate surface area is 242 Å². The fourth-order valence-electron chi connectivity index (χ4n) is 6.55. The van der Waals surface area contributed by atoms with Crippen molar-refractivity contribution in [3.63, 3.8) is 0 Å². The maximum atomic E-state index is 12.8. The lowest BCUT2D eigenvalue weighted by atomic mass is 9.95. The molecule has 11 nitrogen and oxygen atoms in total. The van der Waals surface area contributed by atoms with Gasteiger partial charge in [-0.1, -0.05) is 30.4 Å². The van der Waals surface area contributed by atoms with Gasteiger partial charge in [-0.3, -0.25) is 4.79 Å². The van der Waals surface area contributed by atoms with Crippen LogP contribution in [0, 0.1) is 11.3 Å². The number of hydrogen-bond donors (Lipinski definition) is 2. The zero-order valence-corrected chi connectivity index (χ0v) is 23.4. The van der Waals surface area contributed by atoms with Gasteiger partial charge < -0.3 is 30.6 Å². The van der Waals surface area contributed by atoms with Gasteiger partial charge in [-0.15, -0.1) is 0 Å². The van der Waals surface area contributed by atoms with E-state index < -0.39 is 0 Å². The van der Waals surface area contributed by atoms with Gasteiger partial charge in [0.05, 0.1) is 24.8 Å². The van der Waals surface area contributed by atoms with E-state index in [0.717, 1.165) is 70.5 Å². The molecule has 2 fully saturated rings. The lowest BCUT2D eigenvalue weighted by molar-refractivity contribution is 0.122. The van der Waals surface area contributed by atoms with Gasteiger partial charge in [0.25, 0.3) is 5.56 Å². The Bertz CT molecular complexity index is 1870. The lowest BCUT2D eigenvalue weighted by Gasteiger charge is -2.34. The van der Waals surface area contributed by atoms with Crippen molar-refractivity contribution in [2.75, 3.05) is 54.1 Å². The van der Waals surface area contributed by atoms with Crippen molar-refractivity contribution in [1.29, 1.82) is 5.26 Å². The molecule has 1 atom stereocenters. The molecule has 3 aromatic heterocycles. The number of para-hydroxylation sites is 1. The van der Waals surface area contributed by atoms with Gasteiger partial charge in [0.2, 0.25) is 5.95 Å². The molecule has 4 N–H and O–H groups in total. The van der Waals surface area contributed by atoms with Crippen LogP contribution in [0.15, 0.2) is 41.3 Å². The summed E-state index contributed by atoms with van der Waals surface area (Å²) in [6, 6.07) is 10.5. The third-order valence-electron chi connectivity index (χ3n) is 8.51. The van der Waals surface area contributed by atoms with Crippen LogP contribution in [0.1, 0.15) is 41.1 Å². The van der Waals surface area contributed by atoms with E-state index in [1.54, 1.807) is 11.6 Å². The van der Waals surface area contributed by atoms with Crippen molar-refractivity contribution in [2.45, 2.75) is 25.3 Å². The Morgan fingerprint density at radius 2 is 1.90 bits per heavy atom. The van der Waals surface area contributed by atoms with Crippen LogP contribution >= 0.6 is 0 Å². The standard InChI is InChI=1S/C31H31N9O2/c1-38-17-24(19-6-3-8-21(19)30(38)41)20-7-2-5-18-15-22(28(35-26(18)20)39-11-13-42-14-12-39)25-9-4-10-40(25)29-23(16-32)27(33)36-31(34)37-29/h2-3,5-7,15,17,25H,4,8-14H2,1H3,(H4,33,34,36,37). The summed E-state index contributed by atoms with van der Waals surface area (Å²) in [5.74, 6) is 1.47. The number of nitrogens with zero attached hydrogens (tertiary/aromatic N) is 7. The molecule has 42 heavy (non-hydrogen) atoms. The van der Waals surface area contributed by atoms with E-state index >= 15 is 0 Å². The number of nitriles is 1. The normalized spacial score (nSPS) is 18.0. The largest absolute Gasteiger partial charge is 0.382 e. The SMILES string of the molecule is Cn1cc(-c2cccc3cc(C4CCCN4c4nc(N)nc(N)c4C#N)c(N4CCOCC4)nc23)c2c(c1=O)CC=C2. The highest BCUT2D eigenvalue weighted by Gasteiger charge is 2.34. The van der Waals surface area contributed by atoms with E-state index in [1.165, 1.54) is 0 Å². The van der Waals surface area contributed by atoms with Crippen molar-refractivity contribution >= 4 is 40.4 Å². The molecule has 1 unspecified atom stereocenters. The second-order valence-corrected chi connectivity index (χ2v) is 11.0. The van der Waals surface area contributed by atoms with Crippen LogP contribution in [-0.2, 0) is 18.2 Å². The molecule has 11 heteroatoms. The molecule has 2 aliphatic heterocycles. The minimum absolute atomic E-state index is 0.0345. The first-order valence-electron chi connectivity index (χ1n) is 14.2. The second kappa shape index (κ2) is 10.2. The summed E-state index contributed by atoms with van der Waals surface area (Å²) in [6.07, 6.45) is 8.42. The highest BCUT2D eigenvalue weighted by atomic mass is 16.5. The van der Waals surface area contributed by atoms with Crippen LogP contribution in [0.4, 0.5) is 23.4 Å². The Kier molecular flexibility index (Phi) is 6.28. The number of allylic oxidation sites excluding steroid dienone is 1. The number of nitrogen functional groups attached to an aromatic ring is 2. The number of ether oxygens (including phenoxy) is 1. The van der Waals surface area contributed by atoms with E-state index in [9.17, 15) is 10.1 Å². The molecular weight excluding hydrogens is 530 g/mol. The first kappa shape index (κ1) is 26.0. The highest BCUT2D eigenvalue weighted by molar-refractivity contribution is 5.97. The van der Waals surface area contributed by atoms with E-state index in [0.29, 0.717) is 32.0 Å². The zero-order valence-electron chi connectivity index (χ0n) is 23.4. The molecule has 7 rings (SSSR count). The molecular formula is C31H31N9O2. The number of aromatic nitrogens is 4. The van der Waals surface area contributed by atoms with Crippen molar-refractivity contribution in [3.05, 3.63) is 69.1 Å². The van der Waals surface area contributed by atoms with Gasteiger partial charge in [-0.05, 0) is 30.9 Å². The number of pyridine rings is 2. The van der Waals surface area contributed by atoms with E-state index in [2.05, 4.69) is 44.0 Å². The fourth-order valence-corrected chi connectivity index (χ4v) is 6.55. The molecule has 212 valence electrons. The number of hydrogen-bond acceptors (Lipinski definition) is 10. The van der Waals surface area contributed by atoms with Crippen LogP contribution in [0.2, 0.25) is 0 Å². The molecule has 0 spiro atoms. The number of aryl methyl sites for hydroxylation is 1. The third-order valence-corrected chi connectivity index (χ3v) is 8.51. The van der Waals surface area contributed by atoms with Crippen molar-refractivity contribution in [3.8, 4) is 17.2 Å². The summed E-state index contributed by atoms with van der Waals surface area (Å²) in [5, 5.41) is 10.9. The number of fused-ring (bicyclic) bond motifs is 2. The molecule has 0 radical (unpaired) electrons. The van der Waals surface area contributed by atoms with E-state index in [-0.39, 0.29) is 28.9 Å².